The Balaban J connectivity index is 1.47. The lowest BCUT2D eigenvalue weighted by atomic mass is 9.72. The van der Waals surface area contributed by atoms with Gasteiger partial charge in [-0.15, -0.1) is 11.3 Å². The first-order chi connectivity index (χ1) is 12.6. The third-order valence-corrected chi connectivity index (χ3v) is 6.33. The zero-order valence-corrected chi connectivity index (χ0v) is 15.6. The first-order valence-corrected chi connectivity index (χ1v) is 9.83. The summed E-state index contributed by atoms with van der Waals surface area (Å²) < 4.78 is 5.47. The van der Waals surface area contributed by atoms with Crippen LogP contribution >= 0.6 is 11.3 Å². The predicted octanol–water partition coefficient (Wildman–Crippen LogP) is 2.23. The molecule has 4 heterocycles. The molecule has 26 heavy (non-hydrogen) atoms. The minimum absolute atomic E-state index is 0.101. The highest BCUT2D eigenvalue weighted by Gasteiger charge is 2.37. The number of hydrogen-bond acceptors (Lipinski definition) is 6. The van der Waals surface area contributed by atoms with Gasteiger partial charge in [-0.2, -0.15) is 0 Å². The molecule has 0 aliphatic carbocycles. The molecule has 1 spiro atoms. The molecule has 7 nitrogen and oxygen atoms in total. The maximum Gasteiger partial charge on any atom is 0.264 e. The summed E-state index contributed by atoms with van der Waals surface area (Å²) in [5.41, 5.74) is 0.634. The maximum absolute atomic E-state index is 12.8. The Kier molecular flexibility index (Phi) is 4.62. The van der Waals surface area contributed by atoms with Crippen molar-refractivity contribution in [2.75, 3.05) is 26.3 Å². The van der Waals surface area contributed by atoms with Crippen LogP contribution in [0.5, 0.6) is 0 Å². The molecule has 8 heteroatoms. The molecule has 2 aliphatic rings. The monoisotopic (exact) mass is 374 g/mol. The van der Waals surface area contributed by atoms with E-state index in [9.17, 15) is 9.59 Å². The Bertz CT molecular complexity index is 859. The Morgan fingerprint density at radius 2 is 2.00 bits per heavy atom. The van der Waals surface area contributed by atoms with Gasteiger partial charge >= 0.3 is 0 Å². The molecule has 0 unspecified atom stereocenters. The molecule has 2 aliphatic heterocycles. The lowest BCUT2D eigenvalue weighted by molar-refractivity contribution is -0.0175. The average Bonchev–Trinajstić information content (AvgIpc) is 3.09. The molecule has 0 atom stereocenters. The summed E-state index contributed by atoms with van der Waals surface area (Å²) in [5.74, 6) is 0.164. The van der Waals surface area contributed by atoms with Gasteiger partial charge in [-0.25, -0.2) is 9.97 Å². The van der Waals surface area contributed by atoms with E-state index in [1.54, 1.807) is 4.90 Å². The smallest absolute Gasteiger partial charge is 0.264 e. The van der Waals surface area contributed by atoms with Crippen molar-refractivity contribution in [2.24, 2.45) is 5.41 Å². The lowest BCUT2D eigenvalue weighted by Crippen LogP contribution is -2.46. The van der Waals surface area contributed by atoms with Crippen molar-refractivity contribution in [1.82, 2.24) is 19.9 Å². The molecular formula is C18H22N4O3S. The number of piperidine rings is 1. The third kappa shape index (κ3) is 3.31. The number of nitrogens with zero attached hydrogens (tertiary/aromatic N) is 3. The molecule has 138 valence electrons. The van der Waals surface area contributed by atoms with Gasteiger partial charge in [0, 0.05) is 37.9 Å². The van der Waals surface area contributed by atoms with Crippen molar-refractivity contribution < 1.29 is 9.53 Å². The van der Waals surface area contributed by atoms with Crippen LogP contribution in [0.3, 0.4) is 0 Å². The average molecular weight is 374 g/mol. The lowest BCUT2D eigenvalue weighted by Gasteiger charge is -2.44. The van der Waals surface area contributed by atoms with E-state index in [4.69, 9.17) is 4.74 Å². The number of aromatic amines is 1. The fourth-order valence-corrected chi connectivity index (χ4v) is 4.41. The Labute approximate surface area is 155 Å². The maximum atomic E-state index is 12.8. The quantitative estimate of drug-likeness (QED) is 0.871. The van der Waals surface area contributed by atoms with Gasteiger partial charge in [0.1, 0.15) is 11.3 Å². The summed E-state index contributed by atoms with van der Waals surface area (Å²) in [7, 11) is 0. The molecule has 1 N–H and O–H groups in total. The molecular weight excluding hydrogens is 352 g/mol. The molecule has 0 saturated carbocycles. The molecule has 0 aromatic carbocycles. The van der Waals surface area contributed by atoms with Crippen molar-refractivity contribution >= 4 is 17.2 Å². The number of carbonyl (C=O) groups is 1. The van der Waals surface area contributed by atoms with Crippen LogP contribution in [0.2, 0.25) is 0 Å². The van der Waals surface area contributed by atoms with Crippen molar-refractivity contribution in [2.45, 2.75) is 32.6 Å². The van der Waals surface area contributed by atoms with E-state index in [2.05, 4.69) is 15.0 Å². The van der Waals surface area contributed by atoms with Crippen molar-refractivity contribution in [3.05, 3.63) is 32.5 Å². The van der Waals surface area contributed by atoms with Gasteiger partial charge in [0.05, 0.1) is 5.01 Å². The normalized spacial score (nSPS) is 19.7. The summed E-state index contributed by atoms with van der Waals surface area (Å²) >= 11 is 1.49. The minimum Gasteiger partial charge on any atom is -0.381 e. The number of carbonyl (C=O) groups excluding carboxylic acids is 1. The number of amides is 1. The first kappa shape index (κ1) is 17.4. The van der Waals surface area contributed by atoms with Gasteiger partial charge in [0.2, 0.25) is 0 Å². The van der Waals surface area contributed by atoms with Crippen LogP contribution < -0.4 is 5.56 Å². The summed E-state index contributed by atoms with van der Waals surface area (Å²) in [5, 5.41) is 2.74. The first-order valence-electron chi connectivity index (χ1n) is 8.95. The van der Waals surface area contributed by atoms with E-state index in [0.29, 0.717) is 30.0 Å². The fraction of sp³-hybridized carbons (Fsp3) is 0.556. The van der Waals surface area contributed by atoms with E-state index >= 15 is 0 Å². The van der Waals surface area contributed by atoms with Gasteiger partial charge in [-0.05, 0) is 38.0 Å². The van der Waals surface area contributed by atoms with E-state index in [-0.39, 0.29) is 11.5 Å². The summed E-state index contributed by atoms with van der Waals surface area (Å²) in [6.07, 6.45) is 5.47. The Morgan fingerprint density at radius 3 is 2.62 bits per heavy atom. The zero-order chi connectivity index (χ0) is 18.1. The largest absolute Gasteiger partial charge is 0.381 e. The molecule has 2 aromatic heterocycles. The standard InChI is InChI=1S/C18H22N4O3S/c1-12-20-14(11-26-12)15-19-10-13(16(23)21-15)17(24)22-6-2-18(3-7-22)4-8-25-9-5-18/h10-11H,2-9H2,1H3,(H,19,21,23). The SMILES string of the molecule is Cc1nc(-c2ncc(C(=O)N3CCC4(CCOCC4)CC3)c(=O)[nH]2)cs1. The number of rotatable bonds is 2. The number of aryl methyl sites for hydroxylation is 1. The van der Waals surface area contributed by atoms with Crippen LogP contribution in [-0.2, 0) is 4.74 Å². The fourth-order valence-electron chi connectivity index (χ4n) is 3.81. The molecule has 2 fully saturated rings. The number of thiazole rings is 1. The molecule has 4 rings (SSSR count). The van der Waals surface area contributed by atoms with Crippen LogP contribution in [0, 0.1) is 12.3 Å². The van der Waals surface area contributed by atoms with Crippen molar-refractivity contribution in [3.63, 3.8) is 0 Å². The van der Waals surface area contributed by atoms with E-state index in [1.165, 1.54) is 17.5 Å². The van der Waals surface area contributed by atoms with Gasteiger partial charge in [-0.3, -0.25) is 9.59 Å². The van der Waals surface area contributed by atoms with Gasteiger partial charge in [0.15, 0.2) is 5.82 Å². The highest BCUT2D eigenvalue weighted by atomic mass is 32.1. The molecule has 0 bridgehead atoms. The van der Waals surface area contributed by atoms with Crippen molar-refractivity contribution in [3.8, 4) is 11.5 Å². The van der Waals surface area contributed by atoms with Gasteiger partial charge in [-0.1, -0.05) is 0 Å². The van der Waals surface area contributed by atoms with Crippen molar-refractivity contribution in [1.29, 1.82) is 0 Å². The third-order valence-electron chi connectivity index (χ3n) is 5.56. The Morgan fingerprint density at radius 1 is 1.27 bits per heavy atom. The van der Waals surface area contributed by atoms with Crippen LogP contribution in [0.15, 0.2) is 16.4 Å². The topological polar surface area (TPSA) is 88.2 Å². The second-order valence-corrected chi connectivity index (χ2v) is 8.19. The minimum atomic E-state index is -0.406. The van der Waals surface area contributed by atoms with E-state index < -0.39 is 5.56 Å². The summed E-state index contributed by atoms with van der Waals surface area (Å²) in [6, 6.07) is 0. The van der Waals surface area contributed by atoms with E-state index in [0.717, 1.165) is 43.9 Å². The second-order valence-electron chi connectivity index (χ2n) is 7.13. The number of hydrogen-bond donors (Lipinski definition) is 1. The number of likely N-dealkylation sites (tertiary alicyclic amines) is 1. The molecule has 0 radical (unpaired) electrons. The summed E-state index contributed by atoms with van der Waals surface area (Å²) in [6.45, 7) is 4.90. The second kappa shape index (κ2) is 6.92. The zero-order valence-electron chi connectivity index (χ0n) is 14.8. The number of H-pyrrole nitrogens is 1. The van der Waals surface area contributed by atoms with Crippen LogP contribution in [0.4, 0.5) is 0 Å². The molecule has 2 saturated heterocycles. The van der Waals surface area contributed by atoms with Crippen LogP contribution in [0.25, 0.3) is 11.5 Å². The number of nitrogens with one attached hydrogen (secondary N) is 1. The Hall–Kier alpha value is -2.06. The summed E-state index contributed by atoms with van der Waals surface area (Å²) in [4.78, 5) is 38.2. The number of aromatic nitrogens is 3. The predicted molar refractivity (Wildman–Crippen MR) is 98.3 cm³/mol. The highest BCUT2D eigenvalue weighted by molar-refractivity contribution is 7.09. The molecule has 2 aromatic rings. The number of ether oxygens (including phenoxy) is 1. The van der Waals surface area contributed by atoms with Crippen LogP contribution in [-0.4, -0.2) is 52.1 Å². The van der Waals surface area contributed by atoms with Crippen LogP contribution in [0.1, 0.15) is 41.0 Å². The van der Waals surface area contributed by atoms with E-state index in [1.807, 2.05) is 12.3 Å². The van der Waals surface area contributed by atoms with Gasteiger partial charge < -0.3 is 14.6 Å². The van der Waals surface area contributed by atoms with Gasteiger partial charge in [0.25, 0.3) is 11.5 Å². The highest BCUT2D eigenvalue weighted by Crippen LogP contribution is 2.40. The molecule has 1 amide bonds.